The molecule has 2 amide bonds. The molecule has 0 aliphatic carbocycles. The molecule has 1 aromatic carbocycles. The van der Waals surface area contributed by atoms with Gasteiger partial charge in [-0.2, -0.15) is 0 Å². The summed E-state index contributed by atoms with van der Waals surface area (Å²) < 4.78 is 10.6. The summed E-state index contributed by atoms with van der Waals surface area (Å²) in [4.78, 5) is 36.3. The number of benzene rings is 1. The second kappa shape index (κ2) is 9.80. The van der Waals surface area contributed by atoms with Gasteiger partial charge in [0, 0.05) is 32.1 Å². The summed E-state index contributed by atoms with van der Waals surface area (Å²) in [6.45, 7) is 5.24. The predicted molar refractivity (Wildman–Crippen MR) is 98.1 cm³/mol. The van der Waals surface area contributed by atoms with E-state index in [9.17, 15) is 14.4 Å². The van der Waals surface area contributed by atoms with Crippen LogP contribution < -0.4 is 14.8 Å². The maximum absolute atomic E-state index is 12.4. The van der Waals surface area contributed by atoms with E-state index in [1.807, 2.05) is 4.90 Å². The Morgan fingerprint density at radius 1 is 1.19 bits per heavy atom. The fraction of sp³-hybridized carbons (Fsp3) is 0.526. The van der Waals surface area contributed by atoms with E-state index in [2.05, 4.69) is 5.32 Å². The van der Waals surface area contributed by atoms with E-state index in [-0.39, 0.29) is 17.6 Å². The number of carbonyl (C=O) groups is 3. The van der Waals surface area contributed by atoms with Crippen molar-refractivity contribution in [1.82, 2.24) is 10.2 Å². The Hall–Kier alpha value is -2.77. The standard InChI is InChI=1S/C19H26N2O6/c1-3-26-17-10-15(4-5-16(17)27-12-18(23)24)19(25)20-11-14-6-8-21(9-7-14)13(2)22/h4-5,10,14H,3,6-9,11-12H2,1-2H3,(H,20,25)(H,23,24). The molecular weight excluding hydrogens is 352 g/mol. The van der Waals surface area contributed by atoms with Crippen LogP contribution in [0.25, 0.3) is 0 Å². The third-order valence-corrected chi connectivity index (χ3v) is 4.47. The minimum atomic E-state index is -1.09. The highest BCUT2D eigenvalue weighted by molar-refractivity contribution is 5.94. The van der Waals surface area contributed by atoms with Gasteiger partial charge in [0.1, 0.15) is 0 Å². The number of carboxylic acids is 1. The smallest absolute Gasteiger partial charge is 0.341 e. The number of hydrogen-bond acceptors (Lipinski definition) is 5. The molecule has 0 bridgehead atoms. The first kappa shape index (κ1) is 20.5. The Balaban J connectivity index is 1.92. The molecular formula is C19H26N2O6. The Morgan fingerprint density at radius 3 is 2.48 bits per heavy atom. The van der Waals surface area contributed by atoms with E-state index in [4.69, 9.17) is 14.6 Å². The van der Waals surface area contributed by atoms with Crippen LogP contribution in [0.5, 0.6) is 11.5 Å². The zero-order valence-corrected chi connectivity index (χ0v) is 15.7. The van der Waals surface area contributed by atoms with Crippen LogP contribution in [0.15, 0.2) is 18.2 Å². The van der Waals surface area contributed by atoms with Gasteiger partial charge < -0.3 is 24.8 Å². The normalized spacial score (nSPS) is 14.5. The van der Waals surface area contributed by atoms with Crippen molar-refractivity contribution in [3.63, 3.8) is 0 Å². The van der Waals surface area contributed by atoms with Crippen molar-refractivity contribution in [3.05, 3.63) is 23.8 Å². The molecule has 1 heterocycles. The number of carboxylic acid groups (broad SMARTS) is 1. The number of carbonyl (C=O) groups excluding carboxylic acids is 2. The fourth-order valence-electron chi connectivity index (χ4n) is 2.97. The van der Waals surface area contributed by atoms with Gasteiger partial charge >= 0.3 is 5.97 Å². The zero-order chi connectivity index (χ0) is 19.8. The molecule has 0 saturated carbocycles. The van der Waals surface area contributed by atoms with Gasteiger partial charge in [0.25, 0.3) is 5.91 Å². The van der Waals surface area contributed by atoms with Gasteiger partial charge in [-0.05, 0) is 43.9 Å². The highest BCUT2D eigenvalue weighted by Crippen LogP contribution is 2.28. The van der Waals surface area contributed by atoms with Crippen molar-refractivity contribution in [2.24, 2.45) is 5.92 Å². The first-order valence-corrected chi connectivity index (χ1v) is 9.05. The largest absolute Gasteiger partial charge is 0.490 e. The van der Waals surface area contributed by atoms with E-state index in [1.165, 1.54) is 6.07 Å². The molecule has 0 aromatic heterocycles. The highest BCUT2D eigenvalue weighted by Gasteiger charge is 2.21. The second-order valence-corrected chi connectivity index (χ2v) is 6.44. The lowest BCUT2D eigenvalue weighted by molar-refractivity contribution is -0.139. The Labute approximate surface area is 158 Å². The van der Waals surface area contributed by atoms with Gasteiger partial charge in [0.05, 0.1) is 6.61 Å². The molecule has 0 spiro atoms. The van der Waals surface area contributed by atoms with E-state index in [0.717, 1.165) is 25.9 Å². The lowest BCUT2D eigenvalue weighted by Gasteiger charge is -2.31. The van der Waals surface area contributed by atoms with Crippen molar-refractivity contribution < 1.29 is 29.0 Å². The number of rotatable bonds is 8. The minimum Gasteiger partial charge on any atom is -0.490 e. The summed E-state index contributed by atoms with van der Waals surface area (Å²) in [5.41, 5.74) is 0.419. The van der Waals surface area contributed by atoms with Crippen molar-refractivity contribution >= 4 is 17.8 Å². The molecule has 1 aromatic rings. The van der Waals surface area contributed by atoms with Crippen LogP contribution in [-0.4, -0.2) is 60.6 Å². The van der Waals surface area contributed by atoms with E-state index in [1.54, 1.807) is 26.0 Å². The molecule has 148 valence electrons. The highest BCUT2D eigenvalue weighted by atomic mass is 16.5. The maximum atomic E-state index is 12.4. The number of amides is 2. The number of aliphatic carboxylic acids is 1. The number of piperidine rings is 1. The lowest BCUT2D eigenvalue weighted by Crippen LogP contribution is -2.40. The molecule has 27 heavy (non-hydrogen) atoms. The number of nitrogens with zero attached hydrogens (tertiary/aromatic N) is 1. The average Bonchev–Trinajstić information content (AvgIpc) is 2.65. The van der Waals surface area contributed by atoms with Gasteiger partial charge in [0.2, 0.25) is 5.91 Å². The summed E-state index contributed by atoms with van der Waals surface area (Å²) in [5, 5.41) is 11.6. The van der Waals surface area contributed by atoms with Crippen molar-refractivity contribution in [2.45, 2.75) is 26.7 Å². The number of ether oxygens (including phenoxy) is 2. The van der Waals surface area contributed by atoms with Crippen LogP contribution in [0, 0.1) is 5.92 Å². The first-order valence-electron chi connectivity index (χ1n) is 9.05. The number of nitrogens with one attached hydrogen (secondary N) is 1. The summed E-state index contributed by atoms with van der Waals surface area (Å²) in [6, 6.07) is 4.66. The van der Waals surface area contributed by atoms with Crippen molar-refractivity contribution in [3.8, 4) is 11.5 Å². The molecule has 0 atom stereocenters. The minimum absolute atomic E-state index is 0.0890. The molecule has 1 aliphatic heterocycles. The van der Waals surface area contributed by atoms with Crippen LogP contribution in [0.3, 0.4) is 0 Å². The van der Waals surface area contributed by atoms with Crippen LogP contribution in [-0.2, 0) is 9.59 Å². The first-order chi connectivity index (χ1) is 12.9. The van der Waals surface area contributed by atoms with Crippen LogP contribution in [0.1, 0.15) is 37.0 Å². The van der Waals surface area contributed by atoms with Gasteiger partial charge in [-0.3, -0.25) is 9.59 Å². The van der Waals surface area contributed by atoms with Crippen LogP contribution in [0.4, 0.5) is 0 Å². The predicted octanol–water partition coefficient (Wildman–Crippen LogP) is 1.54. The molecule has 2 N–H and O–H groups in total. The number of likely N-dealkylation sites (tertiary alicyclic amines) is 1. The third-order valence-electron chi connectivity index (χ3n) is 4.47. The number of hydrogen-bond donors (Lipinski definition) is 2. The fourth-order valence-corrected chi connectivity index (χ4v) is 2.97. The molecule has 8 heteroatoms. The summed E-state index contributed by atoms with van der Waals surface area (Å²) in [7, 11) is 0. The SMILES string of the molecule is CCOc1cc(C(=O)NCC2CCN(C(C)=O)CC2)ccc1OCC(=O)O. The Morgan fingerprint density at radius 2 is 1.89 bits per heavy atom. The van der Waals surface area contributed by atoms with Crippen LogP contribution >= 0.6 is 0 Å². The average molecular weight is 378 g/mol. The quantitative estimate of drug-likeness (QED) is 0.711. The van der Waals surface area contributed by atoms with Gasteiger partial charge in [-0.25, -0.2) is 4.79 Å². The third kappa shape index (κ3) is 6.16. The van der Waals surface area contributed by atoms with Crippen LogP contribution in [0.2, 0.25) is 0 Å². The van der Waals surface area contributed by atoms with Gasteiger partial charge in [-0.15, -0.1) is 0 Å². The monoisotopic (exact) mass is 378 g/mol. The zero-order valence-electron chi connectivity index (χ0n) is 15.7. The molecule has 1 fully saturated rings. The summed E-state index contributed by atoms with van der Waals surface area (Å²) in [5.74, 6) is -0.265. The summed E-state index contributed by atoms with van der Waals surface area (Å²) >= 11 is 0. The van der Waals surface area contributed by atoms with Gasteiger partial charge in [0.15, 0.2) is 18.1 Å². The molecule has 1 aliphatic rings. The molecule has 0 radical (unpaired) electrons. The topological polar surface area (TPSA) is 105 Å². The van der Waals surface area contributed by atoms with E-state index < -0.39 is 12.6 Å². The Kier molecular flexibility index (Phi) is 7.45. The Bertz CT molecular complexity index is 683. The van der Waals surface area contributed by atoms with Crippen molar-refractivity contribution in [1.29, 1.82) is 0 Å². The molecule has 8 nitrogen and oxygen atoms in total. The molecule has 1 saturated heterocycles. The summed E-state index contributed by atoms with van der Waals surface area (Å²) in [6.07, 6.45) is 1.73. The molecule has 0 unspecified atom stereocenters. The molecule has 2 rings (SSSR count). The van der Waals surface area contributed by atoms with E-state index in [0.29, 0.717) is 30.4 Å². The van der Waals surface area contributed by atoms with E-state index >= 15 is 0 Å². The van der Waals surface area contributed by atoms with Gasteiger partial charge in [-0.1, -0.05) is 0 Å². The van der Waals surface area contributed by atoms with Crippen molar-refractivity contribution in [2.75, 3.05) is 32.8 Å². The maximum Gasteiger partial charge on any atom is 0.341 e. The second-order valence-electron chi connectivity index (χ2n) is 6.44. The lowest BCUT2D eigenvalue weighted by atomic mass is 9.96.